The van der Waals surface area contributed by atoms with E-state index in [4.69, 9.17) is 5.73 Å². The monoisotopic (exact) mass is 230 g/mol. The molecule has 0 aromatic rings. The minimum absolute atomic E-state index is 0.0877. The lowest BCUT2D eigenvalue weighted by Gasteiger charge is -2.40. The molecule has 0 rings (SSSR count). The molecule has 0 radical (unpaired) electrons. The van der Waals surface area contributed by atoms with Crippen molar-refractivity contribution in [3.63, 3.8) is 0 Å². The number of carboxylic acid groups (broad SMARTS) is 1. The van der Waals surface area contributed by atoms with Gasteiger partial charge in [-0.2, -0.15) is 0 Å². The van der Waals surface area contributed by atoms with E-state index in [2.05, 4.69) is 6.92 Å². The summed E-state index contributed by atoms with van der Waals surface area (Å²) in [5, 5.41) is 9.22. The van der Waals surface area contributed by atoms with Gasteiger partial charge in [0, 0.05) is 17.6 Å². The van der Waals surface area contributed by atoms with E-state index >= 15 is 0 Å². The molecule has 4 heteroatoms. The zero-order valence-corrected chi connectivity index (χ0v) is 11.2. The molecule has 0 aromatic carbocycles. The highest BCUT2D eigenvalue weighted by Crippen LogP contribution is 2.20. The van der Waals surface area contributed by atoms with E-state index in [-0.39, 0.29) is 12.1 Å². The molecule has 16 heavy (non-hydrogen) atoms. The Hall–Kier alpha value is -0.770. The van der Waals surface area contributed by atoms with Crippen LogP contribution in [0.2, 0.25) is 0 Å². The van der Waals surface area contributed by atoms with Crippen LogP contribution in [0.25, 0.3) is 0 Å². The number of hydrogen-bond acceptors (Lipinski definition) is 2. The van der Waals surface area contributed by atoms with Crippen LogP contribution in [0, 0.1) is 0 Å². The van der Waals surface area contributed by atoms with E-state index < -0.39 is 11.6 Å². The van der Waals surface area contributed by atoms with Gasteiger partial charge in [-0.05, 0) is 34.1 Å². The third kappa shape index (κ3) is 4.39. The molecule has 4 nitrogen and oxygen atoms in total. The topological polar surface area (TPSA) is 66.6 Å². The van der Waals surface area contributed by atoms with E-state index in [1.165, 1.54) is 4.90 Å². The molecule has 0 saturated heterocycles. The molecule has 0 aliphatic carbocycles. The summed E-state index contributed by atoms with van der Waals surface area (Å²) >= 11 is 0. The van der Waals surface area contributed by atoms with Gasteiger partial charge in [0.2, 0.25) is 0 Å². The first-order chi connectivity index (χ1) is 7.21. The fourth-order valence-corrected chi connectivity index (χ4v) is 1.94. The first-order valence-corrected chi connectivity index (χ1v) is 5.99. The molecule has 0 aliphatic rings. The van der Waals surface area contributed by atoms with Crippen molar-refractivity contribution in [2.45, 2.75) is 71.5 Å². The maximum Gasteiger partial charge on any atom is 0.408 e. The Kier molecular flexibility index (Phi) is 5.79. The van der Waals surface area contributed by atoms with Crippen molar-refractivity contribution in [1.82, 2.24) is 4.90 Å². The second-order valence-electron chi connectivity index (χ2n) is 5.37. The van der Waals surface area contributed by atoms with Crippen molar-refractivity contribution in [2.24, 2.45) is 5.73 Å². The molecule has 0 fully saturated rings. The second kappa shape index (κ2) is 6.09. The van der Waals surface area contributed by atoms with Crippen molar-refractivity contribution in [3.8, 4) is 0 Å². The largest absolute Gasteiger partial charge is 0.465 e. The number of rotatable bonds is 5. The van der Waals surface area contributed by atoms with Crippen LogP contribution < -0.4 is 5.73 Å². The molecule has 0 unspecified atom stereocenters. The first-order valence-electron chi connectivity index (χ1n) is 5.99. The maximum atomic E-state index is 11.2. The lowest BCUT2D eigenvalue weighted by molar-refractivity contribution is 0.0659. The van der Waals surface area contributed by atoms with Gasteiger partial charge < -0.3 is 10.8 Å². The number of hydrogen-bond donors (Lipinski definition) is 2. The molecule has 0 saturated carbocycles. The molecular weight excluding hydrogens is 204 g/mol. The average Bonchev–Trinajstić information content (AvgIpc) is 2.10. The highest BCUT2D eigenvalue weighted by atomic mass is 16.4. The molecule has 0 aliphatic heterocycles. The fraction of sp³-hybridized carbons (Fsp3) is 0.917. The molecule has 96 valence electrons. The summed E-state index contributed by atoms with van der Waals surface area (Å²) in [5.74, 6) is 0. The van der Waals surface area contributed by atoms with Crippen molar-refractivity contribution in [3.05, 3.63) is 0 Å². The van der Waals surface area contributed by atoms with Gasteiger partial charge in [0.05, 0.1) is 0 Å². The summed E-state index contributed by atoms with van der Waals surface area (Å²) < 4.78 is 0. The van der Waals surface area contributed by atoms with Crippen LogP contribution in [0.15, 0.2) is 0 Å². The zero-order valence-electron chi connectivity index (χ0n) is 11.2. The van der Waals surface area contributed by atoms with Gasteiger partial charge in [-0.25, -0.2) is 4.79 Å². The summed E-state index contributed by atoms with van der Waals surface area (Å²) in [6.07, 6.45) is 2.11. The van der Waals surface area contributed by atoms with Gasteiger partial charge in [0.15, 0.2) is 0 Å². The summed E-state index contributed by atoms with van der Waals surface area (Å²) in [4.78, 5) is 12.7. The van der Waals surface area contributed by atoms with Gasteiger partial charge in [-0.3, -0.25) is 4.90 Å². The predicted octanol–water partition coefficient (Wildman–Crippen LogP) is 2.67. The Morgan fingerprint density at radius 2 is 1.94 bits per heavy atom. The number of unbranched alkanes of at least 4 members (excludes halogenated alkanes) is 1. The standard InChI is InChI=1S/C12H26N2O2/c1-6-7-8-10(13)9(2)14(11(15)16)12(3,4)5/h9-10H,6-8,13H2,1-5H3,(H,15,16)/t9-,10-/m0/s1. The van der Waals surface area contributed by atoms with E-state index in [0.717, 1.165) is 19.3 Å². The lowest BCUT2D eigenvalue weighted by atomic mass is 9.97. The van der Waals surface area contributed by atoms with Gasteiger partial charge in [0.25, 0.3) is 0 Å². The highest BCUT2D eigenvalue weighted by molar-refractivity contribution is 5.66. The Balaban J connectivity index is 4.62. The third-order valence-electron chi connectivity index (χ3n) is 2.85. The molecule has 3 N–H and O–H groups in total. The lowest BCUT2D eigenvalue weighted by Crippen LogP contribution is -2.56. The predicted molar refractivity (Wildman–Crippen MR) is 66.6 cm³/mol. The molecule has 0 aromatic heterocycles. The molecule has 0 heterocycles. The number of nitrogens with zero attached hydrogens (tertiary/aromatic N) is 1. The van der Waals surface area contributed by atoms with E-state index in [1.807, 2.05) is 27.7 Å². The molecule has 0 bridgehead atoms. The highest BCUT2D eigenvalue weighted by Gasteiger charge is 2.33. The van der Waals surface area contributed by atoms with E-state index in [0.29, 0.717) is 0 Å². The molecule has 2 atom stereocenters. The van der Waals surface area contributed by atoms with Crippen LogP contribution in [0.4, 0.5) is 4.79 Å². The first kappa shape index (κ1) is 15.2. The van der Waals surface area contributed by atoms with Crippen LogP contribution in [0.1, 0.15) is 53.9 Å². The van der Waals surface area contributed by atoms with Crippen molar-refractivity contribution in [1.29, 1.82) is 0 Å². The summed E-state index contributed by atoms with van der Waals surface area (Å²) in [6.45, 7) is 9.67. The van der Waals surface area contributed by atoms with Gasteiger partial charge in [-0.1, -0.05) is 19.8 Å². The van der Waals surface area contributed by atoms with Crippen LogP contribution in [-0.4, -0.2) is 33.7 Å². The van der Waals surface area contributed by atoms with Crippen LogP contribution in [0.3, 0.4) is 0 Å². The quantitative estimate of drug-likeness (QED) is 0.763. The SMILES string of the molecule is CCCC[C@H](N)[C@H](C)N(C(=O)O)C(C)(C)C. The zero-order chi connectivity index (χ0) is 12.9. The van der Waals surface area contributed by atoms with Crippen molar-refractivity contribution >= 4 is 6.09 Å². The summed E-state index contributed by atoms with van der Waals surface area (Å²) in [7, 11) is 0. The summed E-state index contributed by atoms with van der Waals surface area (Å²) in [5.41, 5.74) is 5.63. The fourth-order valence-electron chi connectivity index (χ4n) is 1.94. The molecular formula is C12H26N2O2. The molecule has 0 spiro atoms. The van der Waals surface area contributed by atoms with Crippen LogP contribution >= 0.6 is 0 Å². The third-order valence-corrected chi connectivity index (χ3v) is 2.85. The van der Waals surface area contributed by atoms with E-state index in [1.54, 1.807) is 0 Å². The van der Waals surface area contributed by atoms with E-state index in [9.17, 15) is 9.90 Å². The Bertz CT molecular complexity index is 224. The smallest absolute Gasteiger partial charge is 0.408 e. The maximum absolute atomic E-state index is 11.2. The van der Waals surface area contributed by atoms with Crippen LogP contribution in [0.5, 0.6) is 0 Å². The minimum Gasteiger partial charge on any atom is -0.465 e. The van der Waals surface area contributed by atoms with Gasteiger partial charge in [0.1, 0.15) is 0 Å². The average molecular weight is 230 g/mol. The number of amides is 1. The number of nitrogens with two attached hydrogens (primary N) is 1. The van der Waals surface area contributed by atoms with Crippen LogP contribution in [-0.2, 0) is 0 Å². The van der Waals surface area contributed by atoms with Crippen molar-refractivity contribution < 1.29 is 9.90 Å². The second-order valence-corrected chi connectivity index (χ2v) is 5.37. The Labute approximate surface area is 98.8 Å². The Morgan fingerprint density at radius 1 is 1.44 bits per heavy atom. The van der Waals surface area contributed by atoms with Crippen molar-refractivity contribution in [2.75, 3.05) is 0 Å². The number of carbonyl (C=O) groups is 1. The van der Waals surface area contributed by atoms with Gasteiger partial charge in [-0.15, -0.1) is 0 Å². The Morgan fingerprint density at radius 3 is 2.25 bits per heavy atom. The normalized spacial score (nSPS) is 15.6. The minimum atomic E-state index is -0.896. The molecule has 1 amide bonds. The van der Waals surface area contributed by atoms with Gasteiger partial charge >= 0.3 is 6.09 Å². The summed E-state index contributed by atoms with van der Waals surface area (Å²) in [6, 6.07) is -0.237.